The van der Waals surface area contributed by atoms with Crippen molar-refractivity contribution in [2.45, 2.75) is 59.9 Å². The average molecular weight is 278 g/mol. The number of rotatable bonds is 8. The average Bonchev–Trinajstić information content (AvgIpc) is 2.06. The van der Waals surface area contributed by atoms with Crippen LogP contribution in [0, 0.1) is 5.41 Å². The highest BCUT2D eigenvalue weighted by Crippen LogP contribution is 2.27. The van der Waals surface area contributed by atoms with E-state index in [1.165, 1.54) is 0 Å². The first-order chi connectivity index (χ1) is 7.97. The van der Waals surface area contributed by atoms with Crippen LogP contribution in [0.5, 0.6) is 0 Å². The molecule has 0 aliphatic heterocycles. The molecule has 4 nitrogen and oxygen atoms in total. The van der Waals surface area contributed by atoms with Crippen molar-refractivity contribution in [3.05, 3.63) is 0 Å². The highest BCUT2D eigenvalue weighted by molar-refractivity contribution is 7.89. The van der Waals surface area contributed by atoms with Crippen LogP contribution in [-0.2, 0) is 10.0 Å². The molecular weight excluding hydrogens is 248 g/mol. The topological polar surface area (TPSA) is 58.2 Å². The van der Waals surface area contributed by atoms with Crippen LogP contribution in [-0.4, -0.2) is 32.8 Å². The van der Waals surface area contributed by atoms with Crippen molar-refractivity contribution in [1.82, 2.24) is 10.0 Å². The maximum absolute atomic E-state index is 11.9. The Labute approximate surface area is 113 Å². The zero-order chi connectivity index (χ0) is 14.4. The van der Waals surface area contributed by atoms with E-state index in [-0.39, 0.29) is 11.2 Å². The maximum Gasteiger partial charge on any atom is 0.213 e. The summed E-state index contributed by atoms with van der Waals surface area (Å²) in [5.74, 6) is 0.139. The summed E-state index contributed by atoms with van der Waals surface area (Å²) >= 11 is 0. The van der Waals surface area contributed by atoms with Crippen molar-refractivity contribution < 1.29 is 8.42 Å². The van der Waals surface area contributed by atoms with Crippen LogP contribution < -0.4 is 10.0 Å². The van der Waals surface area contributed by atoms with Crippen LogP contribution in [0.2, 0.25) is 0 Å². The van der Waals surface area contributed by atoms with Gasteiger partial charge in [-0.3, -0.25) is 0 Å². The lowest BCUT2D eigenvalue weighted by atomic mass is 9.82. The van der Waals surface area contributed by atoms with Gasteiger partial charge in [-0.05, 0) is 38.6 Å². The van der Waals surface area contributed by atoms with Crippen LogP contribution in [0.15, 0.2) is 0 Å². The number of hydrogen-bond donors (Lipinski definition) is 2. The first-order valence-electron chi connectivity index (χ1n) is 6.70. The van der Waals surface area contributed by atoms with Gasteiger partial charge in [-0.25, -0.2) is 13.1 Å². The van der Waals surface area contributed by atoms with Gasteiger partial charge in [0, 0.05) is 12.1 Å². The van der Waals surface area contributed by atoms with Crippen LogP contribution >= 0.6 is 0 Å². The second kappa shape index (κ2) is 6.87. The molecule has 0 radical (unpaired) electrons. The highest BCUT2D eigenvalue weighted by Gasteiger charge is 2.29. The lowest BCUT2D eigenvalue weighted by molar-refractivity contribution is 0.269. The van der Waals surface area contributed by atoms with Gasteiger partial charge in [0.25, 0.3) is 0 Å². The minimum absolute atomic E-state index is 0.104. The summed E-state index contributed by atoms with van der Waals surface area (Å²) in [4.78, 5) is 0. The molecule has 0 heterocycles. The second-order valence-corrected chi connectivity index (χ2v) is 8.63. The van der Waals surface area contributed by atoms with Crippen molar-refractivity contribution in [2.75, 3.05) is 18.8 Å². The zero-order valence-electron chi connectivity index (χ0n) is 12.8. The fourth-order valence-corrected chi connectivity index (χ4v) is 3.77. The molecule has 0 amide bonds. The Kier molecular flexibility index (Phi) is 6.82. The van der Waals surface area contributed by atoms with Crippen LogP contribution in [0.3, 0.4) is 0 Å². The Balaban J connectivity index is 4.30. The first kappa shape index (κ1) is 17.9. The van der Waals surface area contributed by atoms with Gasteiger partial charge < -0.3 is 5.32 Å². The van der Waals surface area contributed by atoms with Gasteiger partial charge in [-0.1, -0.05) is 27.7 Å². The highest BCUT2D eigenvalue weighted by atomic mass is 32.2. The van der Waals surface area contributed by atoms with Gasteiger partial charge in [-0.2, -0.15) is 0 Å². The minimum atomic E-state index is -3.20. The van der Waals surface area contributed by atoms with Crippen molar-refractivity contribution in [1.29, 1.82) is 0 Å². The van der Waals surface area contributed by atoms with Crippen molar-refractivity contribution in [2.24, 2.45) is 5.41 Å². The lowest BCUT2D eigenvalue weighted by Gasteiger charge is -2.33. The van der Waals surface area contributed by atoms with Crippen LogP contribution in [0.1, 0.15) is 54.4 Å². The van der Waals surface area contributed by atoms with E-state index in [2.05, 4.69) is 37.7 Å². The first-order valence-corrected chi connectivity index (χ1v) is 8.35. The van der Waals surface area contributed by atoms with Gasteiger partial charge in [0.1, 0.15) is 0 Å². The van der Waals surface area contributed by atoms with Crippen molar-refractivity contribution >= 4 is 10.0 Å². The molecule has 18 heavy (non-hydrogen) atoms. The SMILES string of the molecule is CCCNCCS(=O)(=O)NC(C)(C)CC(C)(C)C. The normalized spacial score (nSPS) is 13.9. The zero-order valence-corrected chi connectivity index (χ0v) is 13.6. The molecule has 0 unspecified atom stereocenters. The summed E-state index contributed by atoms with van der Waals surface area (Å²) < 4.78 is 26.7. The van der Waals surface area contributed by atoms with E-state index in [1.54, 1.807) is 0 Å². The summed E-state index contributed by atoms with van der Waals surface area (Å²) in [6.07, 6.45) is 1.82. The van der Waals surface area contributed by atoms with Crippen molar-refractivity contribution in [3.63, 3.8) is 0 Å². The summed E-state index contributed by atoms with van der Waals surface area (Å²) in [6, 6.07) is 0. The van der Waals surface area contributed by atoms with E-state index < -0.39 is 15.6 Å². The lowest BCUT2D eigenvalue weighted by Crippen LogP contribution is -2.47. The van der Waals surface area contributed by atoms with E-state index in [0.29, 0.717) is 6.54 Å². The molecule has 0 spiro atoms. The fourth-order valence-electron chi connectivity index (χ4n) is 2.34. The molecule has 0 atom stereocenters. The van der Waals surface area contributed by atoms with E-state index in [9.17, 15) is 8.42 Å². The molecular formula is C13H30N2O2S. The predicted octanol–water partition coefficient (Wildman–Crippen LogP) is 2.12. The molecule has 0 aromatic rings. The Bertz CT molecular complexity index is 329. The standard InChI is InChI=1S/C13H30N2O2S/c1-7-8-14-9-10-18(16,17)15-13(5,6)11-12(2,3)4/h14-15H,7-11H2,1-6H3. The molecule has 0 aromatic heterocycles. The molecule has 0 saturated carbocycles. The summed E-state index contributed by atoms with van der Waals surface area (Å²) in [5.41, 5.74) is -0.297. The summed E-state index contributed by atoms with van der Waals surface area (Å²) in [7, 11) is -3.20. The third-order valence-electron chi connectivity index (χ3n) is 2.38. The number of nitrogens with one attached hydrogen (secondary N) is 2. The van der Waals surface area contributed by atoms with Crippen molar-refractivity contribution in [3.8, 4) is 0 Å². The van der Waals surface area contributed by atoms with E-state index in [4.69, 9.17) is 0 Å². The Hall–Kier alpha value is -0.130. The smallest absolute Gasteiger partial charge is 0.213 e. The quantitative estimate of drug-likeness (QED) is 0.669. The van der Waals surface area contributed by atoms with Gasteiger partial charge in [0.2, 0.25) is 10.0 Å². The Morgan fingerprint density at radius 3 is 2.00 bits per heavy atom. The molecule has 0 rings (SSSR count). The van der Waals surface area contributed by atoms with Crippen LogP contribution in [0.4, 0.5) is 0 Å². The van der Waals surface area contributed by atoms with Gasteiger partial charge in [-0.15, -0.1) is 0 Å². The van der Waals surface area contributed by atoms with Gasteiger partial charge in [0.15, 0.2) is 0 Å². The maximum atomic E-state index is 11.9. The minimum Gasteiger partial charge on any atom is -0.316 e. The van der Waals surface area contributed by atoms with E-state index >= 15 is 0 Å². The molecule has 2 N–H and O–H groups in total. The fraction of sp³-hybridized carbons (Fsp3) is 1.00. The molecule has 0 bridgehead atoms. The van der Waals surface area contributed by atoms with E-state index in [0.717, 1.165) is 19.4 Å². The molecule has 0 aliphatic rings. The molecule has 5 heteroatoms. The van der Waals surface area contributed by atoms with E-state index in [1.807, 2.05) is 13.8 Å². The second-order valence-electron chi connectivity index (χ2n) is 6.79. The molecule has 0 aliphatic carbocycles. The Morgan fingerprint density at radius 1 is 1.00 bits per heavy atom. The molecule has 0 aromatic carbocycles. The monoisotopic (exact) mass is 278 g/mol. The molecule has 0 saturated heterocycles. The summed E-state index contributed by atoms with van der Waals surface area (Å²) in [6.45, 7) is 13.7. The third kappa shape index (κ3) is 9.85. The third-order valence-corrected chi connectivity index (χ3v) is 3.98. The summed E-state index contributed by atoms with van der Waals surface area (Å²) in [5, 5.41) is 3.11. The predicted molar refractivity (Wildman–Crippen MR) is 78.2 cm³/mol. The number of hydrogen-bond acceptors (Lipinski definition) is 3. The van der Waals surface area contributed by atoms with Crippen LogP contribution in [0.25, 0.3) is 0 Å². The van der Waals surface area contributed by atoms with Gasteiger partial charge in [0.05, 0.1) is 5.75 Å². The molecule has 0 fully saturated rings. The van der Waals surface area contributed by atoms with Gasteiger partial charge >= 0.3 is 0 Å². The molecule has 110 valence electrons. The largest absolute Gasteiger partial charge is 0.316 e. The Morgan fingerprint density at radius 2 is 1.56 bits per heavy atom. The number of sulfonamides is 1.